The summed E-state index contributed by atoms with van der Waals surface area (Å²) in [7, 11) is -4.61. The van der Waals surface area contributed by atoms with E-state index in [1.807, 2.05) is 0 Å². The fraction of sp³-hybridized carbons (Fsp3) is 0.905. The maximum Gasteiger partial charge on any atom is 0.472 e. The highest BCUT2D eigenvalue weighted by atomic mass is 31.2. The normalized spacial score (nSPS) is 14.0. The number of ether oxygens (including phenoxy) is 2. The molecule has 1 unspecified atom stereocenters. The van der Waals surface area contributed by atoms with E-state index >= 15 is 0 Å². The van der Waals surface area contributed by atoms with Crippen molar-refractivity contribution < 1.29 is 42.7 Å². The Morgan fingerprint density at radius 3 is 1.45 bits per heavy atom. The van der Waals surface area contributed by atoms with Crippen LogP contribution >= 0.6 is 7.82 Å². The van der Waals surface area contributed by atoms with Crippen molar-refractivity contribution in [3.8, 4) is 0 Å². The Kier molecular flexibility index (Phi) is 38.0. The van der Waals surface area contributed by atoms with E-state index < -0.39 is 45.1 Å². The molecule has 0 saturated heterocycles. The summed E-state index contributed by atoms with van der Waals surface area (Å²) >= 11 is 0. The van der Waals surface area contributed by atoms with E-state index in [0.29, 0.717) is 13.0 Å². The van der Waals surface area contributed by atoms with Crippen molar-refractivity contribution in [3.63, 3.8) is 0 Å². The number of carbonyl (C=O) groups excluding carboxylic acids is 1. The third kappa shape index (κ3) is 38.8. The summed E-state index contributed by atoms with van der Waals surface area (Å²) in [6.07, 6.45) is 39.8. The third-order valence-corrected chi connectivity index (χ3v) is 10.5. The van der Waals surface area contributed by atoms with Gasteiger partial charge in [-0.05, 0) is 38.5 Å². The maximum atomic E-state index is 12.6. The van der Waals surface area contributed by atoms with Crippen molar-refractivity contribution in [3.05, 3.63) is 12.2 Å². The number of unbranched alkanes of at least 4 members (excludes halogenated alkanes) is 26. The van der Waals surface area contributed by atoms with Gasteiger partial charge in [0, 0.05) is 13.0 Å². The second-order valence-electron chi connectivity index (χ2n) is 14.8. The summed E-state index contributed by atoms with van der Waals surface area (Å²) in [6.45, 7) is 3.88. The zero-order valence-electron chi connectivity index (χ0n) is 34.1. The van der Waals surface area contributed by atoms with Crippen LogP contribution in [0.2, 0.25) is 0 Å². The SMILES string of the molecule is CCCCCC/C=C\CCCCCCCC(=O)O[C@H](COCCCCCCCCCCCCCCCCCCCC)COP(=O)(O)OC[C@H](N)C(=O)O. The molecule has 3 atom stereocenters. The van der Waals surface area contributed by atoms with Crippen LogP contribution in [0.3, 0.4) is 0 Å². The molecule has 0 saturated carbocycles. The van der Waals surface area contributed by atoms with E-state index in [9.17, 15) is 19.0 Å². The largest absolute Gasteiger partial charge is 0.480 e. The van der Waals surface area contributed by atoms with Gasteiger partial charge in [0.1, 0.15) is 12.1 Å². The van der Waals surface area contributed by atoms with E-state index in [4.69, 9.17) is 29.4 Å². The van der Waals surface area contributed by atoms with Gasteiger partial charge in [0.15, 0.2) is 0 Å². The lowest BCUT2D eigenvalue weighted by molar-refractivity contribution is -0.154. The molecule has 0 aliphatic heterocycles. The summed E-state index contributed by atoms with van der Waals surface area (Å²) in [5.74, 6) is -1.78. The first-order chi connectivity index (χ1) is 25.7. The second-order valence-corrected chi connectivity index (χ2v) is 16.3. The van der Waals surface area contributed by atoms with E-state index in [1.165, 1.54) is 128 Å². The molecule has 314 valence electrons. The first-order valence-electron chi connectivity index (χ1n) is 21.7. The fourth-order valence-corrected chi connectivity index (χ4v) is 6.91. The van der Waals surface area contributed by atoms with E-state index in [2.05, 4.69) is 26.0 Å². The van der Waals surface area contributed by atoms with Gasteiger partial charge < -0.3 is 25.2 Å². The molecular weight excluding hydrogens is 693 g/mol. The molecule has 0 aliphatic carbocycles. The van der Waals surface area contributed by atoms with Crippen molar-refractivity contribution in [1.29, 1.82) is 0 Å². The molecule has 53 heavy (non-hydrogen) atoms. The van der Waals surface area contributed by atoms with Crippen LogP contribution in [0.15, 0.2) is 12.2 Å². The molecular formula is C42H82NO9P. The molecule has 0 aliphatic rings. The predicted molar refractivity (Wildman–Crippen MR) is 217 cm³/mol. The number of carbonyl (C=O) groups is 2. The molecule has 0 heterocycles. The molecule has 0 rings (SSSR count). The number of rotatable bonds is 42. The van der Waals surface area contributed by atoms with Gasteiger partial charge >= 0.3 is 19.8 Å². The van der Waals surface area contributed by atoms with Crippen molar-refractivity contribution in [2.45, 2.75) is 219 Å². The van der Waals surface area contributed by atoms with Crippen LogP contribution in [0, 0.1) is 0 Å². The molecule has 0 aromatic rings. The van der Waals surface area contributed by atoms with E-state index in [1.54, 1.807) is 0 Å². The Hall–Kier alpha value is -1.29. The van der Waals surface area contributed by atoms with Crippen LogP contribution in [0.4, 0.5) is 0 Å². The number of carboxylic acid groups (broad SMARTS) is 1. The number of allylic oxidation sites excluding steroid dienone is 2. The first kappa shape index (κ1) is 51.7. The Morgan fingerprint density at radius 1 is 0.585 bits per heavy atom. The van der Waals surface area contributed by atoms with Crippen LogP contribution in [0.5, 0.6) is 0 Å². The minimum absolute atomic E-state index is 0.0193. The number of phosphoric acid groups is 1. The van der Waals surface area contributed by atoms with Gasteiger partial charge in [0.25, 0.3) is 0 Å². The maximum absolute atomic E-state index is 12.6. The average molecular weight is 776 g/mol. The molecule has 0 radical (unpaired) electrons. The zero-order chi connectivity index (χ0) is 39.1. The second kappa shape index (κ2) is 39.0. The van der Waals surface area contributed by atoms with Crippen LogP contribution in [-0.4, -0.2) is 60.5 Å². The summed E-state index contributed by atoms with van der Waals surface area (Å²) in [4.78, 5) is 33.5. The van der Waals surface area contributed by atoms with Gasteiger partial charge in [0.05, 0.1) is 19.8 Å². The van der Waals surface area contributed by atoms with E-state index in [-0.39, 0.29) is 13.0 Å². The van der Waals surface area contributed by atoms with Crippen molar-refractivity contribution in [1.82, 2.24) is 0 Å². The van der Waals surface area contributed by atoms with Crippen LogP contribution in [0.25, 0.3) is 0 Å². The fourth-order valence-electron chi connectivity index (χ4n) is 6.13. The minimum atomic E-state index is -4.61. The number of nitrogens with two attached hydrogens (primary N) is 1. The van der Waals surface area contributed by atoms with Gasteiger partial charge in [-0.15, -0.1) is 0 Å². The lowest BCUT2D eigenvalue weighted by Crippen LogP contribution is -2.34. The number of phosphoric ester groups is 1. The monoisotopic (exact) mass is 776 g/mol. The number of carboxylic acids is 1. The molecule has 0 spiro atoms. The van der Waals surface area contributed by atoms with Crippen LogP contribution < -0.4 is 5.73 Å². The summed E-state index contributed by atoms with van der Waals surface area (Å²) in [5.41, 5.74) is 5.35. The number of hydrogen-bond acceptors (Lipinski definition) is 8. The standard InChI is InChI=1S/C42H82NO9P/c1-3-5-7-9-11-13-15-17-18-19-20-21-23-25-27-29-31-33-35-49-36-39(37-50-53(47,48)51-38-40(43)42(45)46)52-41(44)34-32-30-28-26-24-22-16-14-12-10-8-6-4-2/h14,16,39-40H,3-13,15,17-38,43H2,1-2H3,(H,45,46)(H,47,48)/b16-14-/t39-,40+/m1/s1. The molecule has 4 N–H and O–H groups in total. The Bertz CT molecular complexity index is 904. The van der Waals surface area contributed by atoms with Gasteiger partial charge in [-0.25, -0.2) is 4.57 Å². The Morgan fingerprint density at radius 2 is 0.981 bits per heavy atom. The van der Waals surface area contributed by atoms with Gasteiger partial charge in [0.2, 0.25) is 0 Å². The minimum Gasteiger partial charge on any atom is -0.480 e. The summed E-state index contributed by atoms with van der Waals surface area (Å²) in [6, 6.07) is -1.47. The average Bonchev–Trinajstić information content (AvgIpc) is 3.13. The smallest absolute Gasteiger partial charge is 0.472 e. The zero-order valence-corrected chi connectivity index (χ0v) is 35.0. The van der Waals surface area contributed by atoms with Crippen molar-refractivity contribution >= 4 is 19.8 Å². The molecule has 0 aromatic heterocycles. The molecule has 0 aromatic carbocycles. The molecule has 0 fully saturated rings. The topological polar surface area (TPSA) is 155 Å². The summed E-state index contributed by atoms with van der Waals surface area (Å²) in [5, 5.41) is 8.88. The first-order valence-corrected chi connectivity index (χ1v) is 23.2. The van der Waals surface area contributed by atoms with Crippen molar-refractivity contribution in [2.75, 3.05) is 26.4 Å². The Labute approximate surface area is 324 Å². The highest BCUT2D eigenvalue weighted by Gasteiger charge is 2.27. The van der Waals surface area contributed by atoms with Crippen molar-refractivity contribution in [2.24, 2.45) is 5.73 Å². The van der Waals surface area contributed by atoms with Gasteiger partial charge in [-0.3, -0.25) is 18.6 Å². The number of hydrogen-bond donors (Lipinski definition) is 3. The predicted octanol–water partition coefficient (Wildman–Crippen LogP) is 11.8. The quantitative estimate of drug-likeness (QED) is 0.0236. The highest BCUT2D eigenvalue weighted by Crippen LogP contribution is 2.43. The molecule has 10 nitrogen and oxygen atoms in total. The highest BCUT2D eigenvalue weighted by molar-refractivity contribution is 7.47. The Balaban J connectivity index is 4.19. The number of aliphatic carboxylic acids is 1. The molecule has 0 amide bonds. The van der Waals surface area contributed by atoms with Crippen LogP contribution in [-0.2, 0) is 32.7 Å². The lowest BCUT2D eigenvalue weighted by atomic mass is 10.0. The molecule has 11 heteroatoms. The van der Waals surface area contributed by atoms with Gasteiger partial charge in [-0.2, -0.15) is 0 Å². The molecule has 0 bridgehead atoms. The third-order valence-electron chi connectivity index (χ3n) is 9.54. The lowest BCUT2D eigenvalue weighted by Gasteiger charge is -2.20. The number of esters is 1. The van der Waals surface area contributed by atoms with E-state index in [0.717, 1.165) is 51.4 Å². The summed E-state index contributed by atoms with van der Waals surface area (Å²) < 4.78 is 33.3. The van der Waals surface area contributed by atoms with Gasteiger partial charge in [-0.1, -0.05) is 174 Å². The van der Waals surface area contributed by atoms with Crippen LogP contribution in [0.1, 0.15) is 206 Å².